The molecule has 214 valence electrons. The van der Waals surface area contributed by atoms with Crippen LogP contribution in [0.5, 0.6) is 0 Å². The van der Waals surface area contributed by atoms with E-state index in [1.165, 1.54) is 0 Å². The summed E-state index contributed by atoms with van der Waals surface area (Å²) in [6.07, 6.45) is 0.770. The zero-order valence-corrected chi connectivity index (χ0v) is 23.1. The highest BCUT2D eigenvalue weighted by atomic mass is 16.5. The van der Waals surface area contributed by atoms with Gasteiger partial charge in [0, 0.05) is 18.4 Å². The highest BCUT2D eigenvalue weighted by Gasteiger charge is 2.34. The van der Waals surface area contributed by atoms with Crippen LogP contribution in [-0.4, -0.2) is 47.9 Å². The van der Waals surface area contributed by atoms with E-state index < -0.39 is 24.2 Å². The standard InChI is InChI=1S/C33H36N2O6/c1-21(40-19-22-9-3-2-4-10-22)31(32(38)34-24-16-15-23(17-24)18-30(36)37)35-33(39)41-20-29-27-13-7-5-11-25(27)26-12-6-8-14-28(26)29/h2-14,21,23-24,29,31H,15-20H2,1H3,(H,34,38)(H,35,39)(H,36,37)/t21-,23?,24?,31+/m0/s1. The second-order valence-electron chi connectivity index (χ2n) is 10.9. The highest BCUT2D eigenvalue weighted by Crippen LogP contribution is 2.44. The lowest BCUT2D eigenvalue weighted by molar-refractivity contribution is -0.138. The molecule has 8 heteroatoms. The Bertz CT molecular complexity index is 1330. The first-order valence-corrected chi connectivity index (χ1v) is 14.2. The van der Waals surface area contributed by atoms with Crippen molar-refractivity contribution in [2.45, 2.75) is 63.3 Å². The molecular weight excluding hydrogens is 520 g/mol. The third-order valence-electron chi connectivity index (χ3n) is 8.08. The molecule has 0 aromatic heterocycles. The van der Waals surface area contributed by atoms with E-state index in [0.29, 0.717) is 12.8 Å². The summed E-state index contributed by atoms with van der Waals surface area (Å²) in [5.41, 5.74) is 5.43. The number of carbonyl (C=O) groups is 3. The Morgan fingerprint density at radius 3 is 2.20 bits per heavy atom. The van der Waals surface area contributed by atoms with Crippen molar-refractivity contribution in [3.63, 3.8) is 0 Å². The largest absolute Gasteiger partial charge is 0.481 e. The number of ether oxygens (including phenoxy) is 2. The van der Waals surface area contributed by atoms with Crippen LogP contribution < -0.4 is 10.6 Å². The van der Waals surface area contributed by atoms with Gasteiger partial charge in [0.2, 0.25) is 5.91 Å². The molecule has 0 spiro atoms. The maximum Gasteiger partial charge on any atom is 0.407 e. The van der Waals surface area contributed by atoms with Gasteiger partial charge in [-0.05, 0) is 59.9 Å². The molecule has 0 aliphatic heterocycles. The van der Waals surface area contributed by atoms with Gasteiger partial charge < -0.3 is 25.2 Å². The molecule has 2 aliphatic carbocycles. The SMILES string of the molecule is C[C@H](OCc1ccccc1)[C@@H](NC(=O)OCC1c2ccccc2-c2ccccc21)C(=O)NC1CCC(CC(=O)O)C1. The smallest absolute Gasteiger partial charge is 0.407 e. The zero-order chi connectivity index (χ0) is 28.8. The van der Waals surface area contributed by atoms with E-state index >= 15 is 0 Å². The molecule has 0 heterocycles. The molecule has 2 aliphatic rings. The summed E-state index contributed by atoms with van der Waals surface area (Å²) in [6.45, 7) is 2.16. The van der Waals surface area contributed by atoms with Crippen LogP contribution in [0.25, 0.3) is 11.1 Å². The predicted molar refractivity (Wildman–Crippen MR) is 154 cm³/mol. The second-order valence-corrected chi connectivity index (χ2v) is 10.9. The predicted octanol–water partition coefficient (Wildman–Crippen LogP) is 5.26. The number of aliphatic carboxylic acids is 1. The maximum atomic E-state index is 13.4. The molecule has 4 atom stereocenters. The number of carboxylic acids is 1. The molecule has 3 aromatic rings. The van der Waals surface area contributed by atoms with E-state index in [9.17, 15) is 14.4 Å². The molecule has 1 fully saturated rings. The maximum absolute atomic E-state index is 13.4. The molecule has 0 saturated heterocycles. The lowest BCUT2D eigenvalue weighted by Gasteiger charge is -2.26. The number of alkyl carbamates (subject to hydrolysis) is 1. The number of carboxylic acid groups (broad SMARTS) is 1. The molecule has 3 N–H and O–H groups in total. The van der Waals surface area contributed by atoms with Gasteiger partial charge in [-0.15, -0.1) is 0 Å². The van der Waals surface area contributed by atoms with Crippen molar-refractivity contribution in [2.75, 3.05) is 6.61 Å². The van der Waals surface area contributed by atoms with Crippen LogP contribution in [0.4, 0.5) is 4.79 Å². The lowest BCUT2D eigenvalue weighted by Crippen LogP contribution is -2.55. The number of rotatable bonds is 11. The highest BCUT2D eigenvalue weighted by molar-refractivity contribution is 5.86. The summed E-state index contributed by atoms with van der Waals surface area (Å²) >= 11 is 0. The summed E-state index contributed by atoms with van der Waals surface area (Å²) in [5.74, 6) is -1.28. The first-order valence-electron chi connectivity index (χ1n) is 14.2. The lowest BCUT2D eigenvalue weighted by atomic mass is 9.98. The van der Waals surface area contributed by atoms with Crippen molar-refractivity contribution in [1.29, 1.82) is 0 Å². The van der Waals surface area contributed by atoms with Crippen LogP contribution in [0.3, 0.4) is 0 Å². The number of carbonyl (C=O) groups excluding carboxylic acids is 2. The average molecular weight is 557 g/mol. The van der Waals surface area contributed by atoms with E-state index in [-0.39, 0.29) is 43.4 Å². The van der Waals surface area contributed by atoms with E-state index in [2.05, 4.69) is 34.9 Å². The second kappa shape index (κ2) is 13.0. The molecule has 41 heavy (non-hydrogen) atoms. The normalized spacial score (nSPS) is 19.0. The van der Waals surface area contributed by atoms with Gasteiger partial charge in [0.15, 0.2) is 0 Å². The number of amides is 2. The van der Waals surface area contributed by atoms with Crippen LogP contribution in [-0.2, 0) is 25.7 Å². The van der Waals surface area contributed by atoms with E-state index in [4.69, 9.17) is 14.6 Å². The fraction of sp³-hybridized carbons (Fsp3) is 0.364. The third kappa shape index (κ3) is 6.95. The summed E-state index contributed by atoms with van der Waals surface area (Å²) in [7, 11) is 0. The van der Waals surface area contributed by atoms with Crippen molar-refractivity contribution in [3.8, 4) is 11.1 Å². The molecule has 2 unspecified atom stereocenters. The van der Waals surface area contributed by atoms with Crippen LogP contribution in [0, 0.1) is 5.92 Å². The first kappa shape index (κ1) is 28.4. The summed E-state index contributed by atoms with van der Waals surface area (Å²) < 4.78 is 11.7. The van der Waals surface area contributed by atoms with Gasteiger partial charge in [-0.2, -0.15) is 0 Å². The molecule has 0 radical (unpaired) electrons. The van der Waals surface area contributed by atoms with E-state index in [0.717, 1.165) is 34.2 Å². The quantitative estimate of drug-likeness (QED) is 0.297. The van der Waals surface area contributed by atoms with Gasteiger partial charge in [-0.25, -0.2) is 4.79 Å². The van der Waals surface area contributed by atoms with Crippen LogP contribution >= 0.6 is 0 Å². The molecule has 3 aromatic carbocycles. The van der Waals surface area contributed by atoms with Gasteiger partial charge in [-0.1, -0.05) is 78.9 Å². The number of fused-ring (bicyclic) bond motifs is 3. The summed E-state index contributed by atoms with van der Waals surface area (Å²) in [4.78, 5) is 37.6. The van der Waals surface area contributed by atoms with Crippen molar-refractivity contribution in [2.24, 2.45) is 5.92 Å². The number of hydrogen-bond acceptors (Lipinski definition) is 5. The minimum Gasteiger partial charge on any atom is -0.481 e. The Hall–Kier alpha value is -4.17. The molecule has 5 rings (SSSR count). The van der Waals surface area contributed by atoms with Gasteiger partial charge in [-0.3, -0.25) is 9.59 Å². The Morgan fingerprint density at radius 1 is 0.902 bits per heavy atom. The minimum atomic E-state index is -0.993. The number of benzene rings is 3. The Labute approximate surface area is 240 Å². The molecule has 0 bridgehead atoms. The van der Waals surface area contributed by atoms with Crippen molar-refractivity contribution < 1.29 is 29.0 Å². The Kier molecular flexibility index (Phi) is 8.99. The van der Waals surface area contributed by atoms with Crippen LogP contribution in [0.2, 0.25) is 0 Å². The fourth-order valence-corrected chi connectivity index (χ4v) is 5.99. The number of nitrogens with one attached hydrogen (secondary N) is 2. The van der Waals surface area contributed by atoms with Gasteiger partial charge >= 0.3 is 12.1 Å². The monoisotopic (exact) mass is 556 g/mol. The Balaban J connectivity index is 1.24. The molecule has 1 saturated carbocycles. The van der Waals surface area contributed by atoms with Crippen molar-refractivity contribution in [1.82, 2.24) is 10.6 Å². The third-order valence-corrected chi connectivity index (χ3v) is 8.08. The minimum absolute atomic E-state index is 0.0260. The fourth-order valence-electron chi connectivity index (χ4n) is 5.99. The molecular formula is C33H36N2O6. The topological polar surface area (TPSA) is 114 Å². The van der Waals surface area contributed by atoms with Gasteiger partial charge in [0.05, 0.1) is 12.7 Å². The van der Waals surface area contributed by atoms with Crippen LogP contribution in [0.1, 0.15) is 55.2 Å². The van der Waals surface area contributed by atoms with Crippen LogP contribution in [0.15, 0.2) is 78.9 Å². The first-order chi connectivity index (χ1) is 19.9. The number of hydrogen-bond donors (Lipinski definition) is 3. The van der Waals surface area contributed by atoms with E-state index in [1.807, 2.05) is 54.6 Å². The van der Waals surface area contributed by atoms with Crippen molar-refractivity contribution in [3.05, 3.63) is 95.6 Å². The zero-order valence-electron chi connectivity index (χ0n) is 23.1. The average Bonchev–Trinajstić information content (AvgIpc) is 3.55. The molecule has 8 nitrogen and oxygen atoms in total. The summed E-state index contributed by atoms with van der Waals surface area (Å²) in [6, 6.07) is 24.7. The molecule has 2 amide bonds. The van der Waals surface area contributed by atoms with E-state index in [1.54, 1.807) is 6.92 Å². The summed E-state index contributed by atoms with van der Waals surface area (Å²) in [5, 5.41) is 14.9. The van der Waals surface area contributed by atoms with Crippen molar-refractivity contribution >= 4 is 18.0 Å². The van der Waals surface area contributed by atoms with Gasteiger partial charge in [0.25, 0.3) is 0 Å². The Morgan fingerprint density at radius 2 is 1.54 bits per heavy atom. The van der Waals surface area contributed by atoms with Gasteiger partial charge in [0.1, 0.15) is 12.6 Å².